The quantitative estimate of drug-likeness (QED) is 0.591. The van der Waals surface area contributed by atoms with Crippen molar-refractivity contribution in [1.82, 2.24) is 10.2 Å². The van der Waals surface area contributed by atoms with E-state index in [-0.39, 0.29) is 23.1 Å². The summed E-state index contributed by atoms with van der Waals surface area (Å²) in [7, 11) is 0. The predicted molar refractivity (Wildman–Crippen MR) is 94.4 cm³/mol. The number of carbonyl (C=O) groups is 4. The molecule has 0 unspecified atom stereocenters. The van der Waals surface area contributed by atoms with Gasteiger partial charge in [-0.3, -0.25) is 19.3 Å². The van der Waals surface area contributed by atoms with Gasteiger partial charge in [0.15, 0.2) is 6.61 Å². The number of esters is 1. The van der Waals surface area contributed by atoms with Crippen LogP contribution in [0.15, 0.2) is 24.3 Å². The molecule has 1 aliphatic rings. The Morgan fingerprint density at radius 2 is 1.62 bits per heavy atom. The molecule has 0 saturated carbocycles. The second-order valence-corrected chi connectivity index (χ2v) is 6.70. The lowest BCUT2D eigenvalue weighted by atomic mass is 10.0. The Hall–Kier alpha value is -2.70. The molecule has 1 N–H and O–H groups in total. The van der Waals surface area contributed by atoms with Gasteiger partial charge in [-0.05, 0) is 31.4 Å². The summed E-state index contributed by atoms with van der Waals surface area (Å²) < 4.78 is 5.08. The number of amides is 3. The Balaban J connectivity index is 2.12. The number of nitrogens with one attached hydrogen (secondary N) is 1. The SMILES string of the molecule is CC[C@@H](C)NC(=O)COC(=O)[C@@H](C(C)C)N1C(=O)c2ccccc2C1=O. The van der Waals surface area contributed by atoms with E-state index in [1.807, 2.05) is 13.8 Å². The van der Waals surface area contributed by atoms with Gasteiger partial charge in [0, 0.05) is 6.04 Å². The molecule has 0 saturated heterocycles. The van der Waals surface area contributed by atoms with Crippen LogP contribution in [0.2, 0.25) is 0 Å². The average molecular weight is 360 g/mol. The molecule has 0 spiro atoms. The third-order valence-electron chi connectivity index (χ3n) is 4.34. The van der Waals surface area contributed by atoms with Crippen LogP contribution in [0.4, 0.5) is 0 Å². The van der Waals surface area contributed by atoms with Gasteiger partial charge < -0.3 is 10.1 Å². The molecule has 1 aromatic carbocycles. The predicted octanol–water partition coefficient (Wildman–Crippen LogP) is 1.77. The van der Waals surface area contributed by atoms with Gasteiger partial charge in [-0.1, -0.05) is 32.9 Å². The highest BCUT2D eigenvalue weighted by Crippen LogP contribution is 2.27. The smallest absolute Gasteiger partial charge is 0.330 e. The monoisotopic (exact) mass is 360 g/mol. The largest absolute Gasteiger partial charge is 0.454 e. The van der Waals surface area contributed by atoms with Gasteiger partial charge in [0.05, 0.1) is 11.1 Å². The Kier molecular flexibility index (Phi) is 6.13. The molecular weight excluding hydrogens is 336 g/mol. The fourth-order valence-electron chi connectivity index (χ4n) is 2.78. The Morgan fingerprint density at radius 1 is 1.08 bits per heavy atom. The summed E-state index contributed by atoms with van der Waals surface area (Å²) in [5.41, 5.74) is 0.538. The van der Waals surface area contributed by atoms with Crippen LogP contribution in [0.25, 0.3) is 0 Å². The van der Waals surface area contributed by atoms with Crippen molar-refractivity contribution in [2.45, 2.75) is 46.2 Å². The first-order valence-corrected chi connectivity index (χ1v) is 8.70. The summed E-state index contributed by atoms with van der Waals surface area (Å²) in [5, 5.41) is 2.69. The van der Waals surface area contributed by atoms with E-state index in [2.05, 4.69) is 5.32 Å². The van der Waals surface area contributed by atoms with Crippen molar-refractivity contribution < 1.29 is 23.9 Å². The second-order valence-electron chi connectivity index (χ2n) is 6.70. The van der Waals surface area contributed by atoms with Crippen LogP contribution in [-0.2, 0) is 14.3 Å². The fourth-order valence-corrected chi connectivity index (χ4v) is 2.78. The minimum absolute atomic E-state index is 0.0293. The van der Waals surface area contributed by atoms with E-state index in [0.29, 0.717) is 0 Å². The van der Waals surface area contributed by atoms with Crippen LogP contribution >= 0.6 is 0 Å². The summed E-state index contributed by atoms with van der Waals surface area (Å²) in [6, 6.07) is 5.32. The van der Waals surface area contributed by atoms with E-state index < -0.39 is 36.3 Å². The molecule has 140 valence electrons. The second kappa shape index (κ2) is 8.12. The first kappa shape index (κ1) is 19.6. The van der Waals surface area contributed by atoms with Crippen LogP contribution < -0.4 is 5.32 Å². The number of benzene rings is 1. The van der Waals surface area contributed by atoms with Gasteiger partial charge in [-0.15, -0.1) is 0 Å². The molecule has 1 aliphatic heterocycles. The minimum atomic E-state index is -1.08. The third kappa shape index (κ3) is 3.92. The van der Waals surface area contributed by atoms with Crippen molar-refractivity contribution in [3.63, 3.8) is 0 Å². The maximum Gasteiger partial charge on any atom is 0.330 e. The molecule has 0 radical (unpaired) electrons. The van der Waals surface area contributed by atoms with Crippen LogP contribution in [0, 0.1) is 5.92 Å². The molecule has 2 atom stereocenters. The fraction of sp³-hybridized carbons (Fsp3) is 0.474. The van der Waals surface area contributed by atoms with Gasteiger partial charge in [-0.25, -0.2) is 4.79 Å². The zero-order valence-corrected chi connectivity index (χ0v) is 15.4. The average Bonchev–Trinajstić information content (AvgIpc) is 2.85. The normalized spacial score (nSPS) is 15.7. The van der Waals surface area contributed by atoms with E-state index in [4.69, 9.17) is 4.74 Å². The summed E-state index contributed by atoms with van der Waals surface area (Å²) in [4.78, 5) is 50.5. The number of nitrogens with zero attached hydrogens (tertiary/aromatic N) is 1. The maximum absolute atomic E-state index is 12.6. The molecule has 3 amide bonds. The molecule has 0 bridgehead atoms. The highest BCUT2D eigenvalue weighted by atomic mass is 16.5. The Morgan fingerprint density at radius 3 is 2.08 bits per heavy atom. The van der Waals surface area contributed by atoms with E-state index in [1.54, 1.807) is 38.1 Å². The minimum Gasteiger partial charge on any atom is -0.454 e. The topological polar surface area (TPSA) is 92.8 Å². The zero-order valence-electron chi connectivity index (χ0n) is 15.4. The van der Waals surface area contributed by atoms with Crippen LogP contribution in [0.5, 0.6) is 0 Å². The molecule has 0 aromatic heterocycles. The molecule has 7 nitrogen and oxygen atoms in total. The summed E-state index contributed by atoms with van der Waals surface area (Å²) >= 11 is 0. The summed E-state index contributed by atoms with van der Waals surface area (Å²) in [6.07, 6.45) is 0.753. The van der Waals surface area contributed by atoms with Gasteiger partial charge in [0.1, 0.15) is 6.04 Å². The first-order valence-electron chi connectivity index (χ1n) is 8.70. The number of hydrogen-bond donors (Lipinski definition) is 1. The van der Waals surface area contributed by atoms with Gasteiger partial charge in [0.25, 0.3) is 17.7 Å². The third-order valence-corrected chi connectivity index (χ3v) is 4.34. The van der Waals surface area contributed by atoms with Crippen molar-refractivity contribution in [3.8, 4) is 0 Å². The van der Waals surface area contributed by atoms with Gasteiger partial charge in [0.2, 0.25) is 0 Å². The lowest BCUT2D eigenvalue weighted by Crippen LogP contribution is -2.49. The lowest BCUT2D eigenvalue weighted by molar-refractivity contribution is -0.153. The van der Waals surface area contributed by atoms with Crippen LogP contribution in [0.1, 0.15) is 54.8 Å². The Bertz CT molecular complexity index is 693. The standard InChI is InChI=1S/C19H24N2O5/c1-5-12(4)20-15(22)10-26-19(25)16(11(2)3)21-17(23)13-8-6-7-9-14(13)18(21)24/h6-9,11-12,16H,5,10H2,1-4H3,(H,20,22)/t12-,16-/m1/s1. The van der Waals surface area contributed by atoms with E-state index >= 15 is 0 Å². The number of imide groups is 1. The zero-order chi connectivity index (χ0) is 19.4. The summed E-state index contributed by atoms with van der Waals surface area (Å²) in [6.45, 7) is 6.75. The molecule has 7 heteroatoms. The lowest BCUT2D eigenvalue weighted by Gasteiger charge is -2.27. The van der Waals surface area contributed by atoms with Gasteiger partial charge in [-0.2, -0.15) is 0 Å². The van der Waals surface area contributed by atoms with Crippen molar-refractivity contribution in [2.75, 3.05) is 6.61 Å². The van der Waals surface area contributed by atoms with Gasteiger partial charge >= 0.3 is 5.97 Å². The Labute approximate surface area is 152 Å². The van der Waals surface area contributed by atoms with E-state index in [0.717, 1.165) is 11.3 Å². The molecule has 0 aliphatic carbocycles. The number of carbonyl (C=O) groups excluding carboxylic acids is 4. The number of rotatable bonds is 7. The van der Waals surface area contributed by atoms with Crippen LogP contribution in [-0.4, -0.2) is 47.3 Å². The van der Waals surface area contributed by atoms with Crippen molar-refractivity contribution in [1.29, 1.82) is 0 Å². The molecule has 1 aromatic rings. The molecule has 26 heavy (non-hydrogen) atoms. The molecule has 1 heterocycles. The van der Waals surface area contributed by atoms with Crippen LogP contribution in [0.3, 0.4) is 0 Å². The van der Waals surface area contributed by atoms with Crippen molar-refractivity contribution in [3.05, 3.63) is 35.4 Å². The molecule has 0 fully saturated rings. The number of ether oxygens (including phenoxy) is 1. The highest BCUT2D eigenvalue weighted by Gasteiger charge is 2.44. The maximum atomic E-state index is 12.6. The van der Waals surface area contributed by atoms with E-state index in [1.165, 1.54) is 0 Å². The van der Waals surface area contributed by atoms with Crippen molar-refractivity contribution >= 4 is 23.7 Å². The number of fused-ring (bicyclic) bond motifs is 1. The van der Waals surface area contributed by atoms with Crippen molar-refractivity contribution in [2.24, 2.45) is 5.92 Å². The first-order chi connectivity index (χ1) is 12.3. The number of hydrogen-bond acceptors (Lipinski definition) is 5. The molecule has 2 rings (SSSR count). The summed E-state index contributed by atoms with van der Waals surface area (Å²) in [5.74, 6) is -2.59. The van der Waals surface area contributed by atoms with E-state index in [9.17, 15) is 19.2 Å². The molecular formula is C19H24N2O5. The highest BCUT2D eigenvalue weighted by molar-refractivity contribution is 6.22.